The molecule has 0 aliphatic carbocycles. The van der Waals surface area contributed by atoms with Crippen LogP contribution in [0, 0.1) is 0 Å². The summed E-state index contributed by atoms with van der Waals surface area (Å²) in [6.07, 6.45) is 4.65. The molecule has 138 valence electrons. The fraction of sp³-hybridized carbons (Fsp3) is 0.368. The number of benzene rings is 1. The first kappa shape index (κ1) is 18.9. The monoisotopic (exact) mass is 389 g/mol. The maximum atomic E-state index is 5.53. The van der Waals surface area contributed by atoms with E-state index in [0.717, 1.165) is 47.9 Å². The summed E-state index contributed by atoms with van der Waals surface area (Å²) in [4.78, 5) is 8.83. The van der Waals surface area contributed by atoms with Gasteiger partial charge in [0, 0.05) is 25.5 Å². The molecule has 0 saturated carbocycles. The van der Waals surface area contributed by atoms with E-state index in [9.17, 15) is 0 Å². The maximum absolute atomic E-state index is 5.53. The third kappa shape index (κ3) is 4.87. The highest BCUT2D eigenvalue weighted by Crippen LogP contribution is 2.28. The highest BCUT2D eigenvalue weighted by molar-refractivity contribution is 8.22. The van der Waals surface area contributed by atoms with Crippen LogP contribution < -0.4 is 9.47 Å². The van der Waals surface area contributed by atoms with Gasteiger partial charge in [-0.1, -0.05) is 36.1 Å². The molecule has 1 aromatic heterocycles. The van der Waals surface area contributed by atoms with Crippen molar-refractivity contribution in [3.8, 4) is 11.5 Å². The van der Waals surface area contributed by atoms with Crippen LogP contribution in [0.4, 0.5) is 0 Å². The predicted molar refractivity (Wildman–Crippen MR) is 110 cm³/mol. The molecule has 0 amide bonds. The third-order valence-corrected chi connectivity index (χ3v) is 5.87. The molecular formula is C19H23N3O2S2. The lowest BCUT2D eigenvalue weighted by atomic mass is 10.1. The van der Waals surface area contributed by atoms with E-state index in [2.05, 4.69) is 26.9 Å². The molecule has 3 rings (SSSR count). The Hall–Kier alpha value is -1.83. The summed E-state index contributed by atoms with van der Waals surface area (Å²) in [7, 11) is 3.32. The Labute approximate surface area is 164 Å². The zero-order valence-electron chi connectivity index (χ0n) is 15.1. The van der Waals surface area contributed by atoms with E-state index in [0.29, 0.717) is 0 Å². The van der Waals surface area contributed by atoms with E-state index in [4.69, 9.17) is 21.7 Å². The van der Waals surface area contributed by atoms with E-state index in [-0.39, 0.29) is 0 Å². The Morgan fingerprint density at radius 2 is 2.00 bits per heavy atom. The lowest BCUT2D eigenvalue weighted by Gasteiger charge is -2.36. The Morgan fingerprint density at radius 1 is 1.15 bits per heavy atom. The molecule has 26 heavy (non-hydrogen) atoms. The van der Waals surface area contributed by atoms with Crippen LogP contribution in [0.2, 0.25) is 0 Å². The number of hydrogen-bond acceptors (Lipinski definition) is 6. The minimum Gasteiger partial charge on any atom is -0.493 e. The molecule has 0 atom stereocenters. The normalized spacial score (nSPS) is 15.2. The number of hydrogen-bond donors (Lipinski definition) is 0. The van der Waals surface area contributed by atoms with Gasteiger partial charge in [-0.15, -0.1) is 0 Å². The van der Waals surface area contributed by atoms with Gasteiger partial charge >= 0.3 is 0 Å². The zero-order chi connectivity index (χ0) is 18.4. The summed E-state index contributed by atoms with van der Waals surface area (Å²) >= 11 is 7.25. The van der Waals surface area contributed by atoms with E-state index in [1.54, 1.807) is 32.2 Å². The van der Waals surface area contributed by atoms with Gasteiger partial charge in [-0.05, 0) is 35.7 Å². The van der Waals surface area contributed by atoms with Crippen molar-refractivity contribution in [2.45, 2.75) is 13.0 Å². The Morgan fingerprint density at radius 3 is 2.73 bits per heavy atom. The van der Waals surface area contributed by atoms with Crippen molar-refractivity contribution in [3.05, 3.63) is 53.9 Å². The molecule has 1 aliphatic heterocycles. The lowest BCUT2D eigenvalue weighted by molar-refractivity contribution is 0.209. The molecule has 5 nitrogen and oxygen atoms in total. The van der Waals surface area contributed by atoms with Gasteiger partial charge in [0.15, 0.2) is 11.5 Å². The van der Waals surface area contributed by atoms with Gasteiger partial charge in [-0.2, -0.15) is 0 Å². The Balaban J connectivity index is 1.57. The number of rotatable bonds is 7. The van der Waals surface area contributed by atoms with Crippen LogP contribution in [0.15, 0.2) is 42.7 Å². The smallest absolute Gasteiger partial charge is 0.160 e. The fourth-order valence-electron chi connectivity index (χ4n) is 2.86. The summed E-state index contributed by atoms with van der Waals surface area (Å²) in [5.41, 5.74) is 2.41. The van der Waals surface area contributed by atoms with E-state index < -0.39 is 0 Å². The average molecular weight is 390 g/mol. The summed E-state index contributed by atoms with van der Waals surface area (Å²) in [6.45, 7) is 2.61. The molecule has 2 aromatic rings. The first-order chi connectivity index (χ1) is 12.7. The molecule has 1 saturated heterocycles. The molecule has 0 bridgehead atoms. The van der Waals surface area contributed by atoms with E-state index in [1.165, 1.54) is 11.1 Å². The highest BCUT2D eigenvalue weighted by Gasteiger charge is 2.21. The minimum absolute atomic E-state index is 0.762. The Bertz CT molecular complexity index is 743. The minimum atomic E-state index is 0.762. The summed E-state index contributed by atoms with van der Waals surface area (Å²) in [6, 6.07) is 10.2. The molecule has 0 unspecified atom stereocenters. The van der Waals surface area contributed by atoms with Gasteiger partial charge in [0.25, 0.3) is 0 Å². The largest absolute Gasteiger partial charge is 0.493 e. The van der Waals surface area contributed by atoms with Crippen LogP contribution >= 0.6 is 24.0 Å². The third-order valence-electron chi connectivity index (χ3n) is 4.26. The molecule has 1 fully saturated rings. The molecule has 1 aromatic carbocycles. The van der Waals surface area contributed by atoms with Gasteiger partial charge in [-0.3, -0.25) is 9.88 Å². The van der Waals surface area contributed by atoms with Gasteiger partial charge in [0.1, 0.15) is 4.32 Å². The van der Waals surface area contributed by atoms with Gasteiger partial charge < -0.3 is 14.4 Å². The second-order valence-corrected chi connectivity index (χ2v) is 7.65. The number of thiocarbonyl (C=S) groups is 1. The van der Waals surface area contributed by atoms with Crippen molar-refractivity contribution in [1.29, 1.82) is 0 Å². The van der Waals surface area contributed by atoms with Crippen LogP contribution in [-0.2, 0) is 13.0 Å². The SMILES string of the molecule is COc1ccc(CCN2CSC(=S)N(Cc3cccnc3)C2)cc1OC. The van der Waals surface area contributed by atoms with Crippen LogP contribution in [0.5, 0.6) is 11.5 Å². The quantitative estimate of drug-likeness (QED) is 0.672. The van der Waals surface area contributed by atoms with Crippen molar-refractivity contribution in [2.75, 3.05) is 33.3 Å². The van der Waals surface area contributed by atoms with Crippen LogP contribution in [-0.4, -0.2) is 52.4 Å². The summed E-state index contributed by atoms with van der Waals surface area (Å²) < 4.78 is 11.7. The molecular weight excluding hydrogens is 366 g/mol. The van der Waals surface area contributed by atoms with Gasteiger partial charge in [0.2, 0.25) is 0 Å². The Kier molecular flexibility index (Phi) is 6.71. The maximum Gasteiger partial charge on any atom is 0.160 e. The second kappa shape index (κ2) is 9.21. The topological polar surface area (TPSA) is 37.8 Å². The molecule has 0 spiro atoms. The van der Waals surface area contributed by atoms with Gasteiger partial charge in [0.05, 0.1) is 26.8 Å². The number of aromatic nitrogens is 1. The molecule has 2 heterocycles. The number of methoxy groups -OCH3 is 2. The van der Waals surface area contributed by atoms with Crippen LogP contribution in [0.3, 0.4) is 0 Å². The molecule has 0 N–H and O–H groups in total. The van der Waals surface area contributed by atoms with Crippen molar-refractivity contribution in [3.63, 3.8) is 0 Å². The molecule has 1 aliphatic rings. The van der Waals surface area contributed by atoms with Crippen molar-refractivity contribution in [1.82, 2.24) is 14.8 Å². The first-order valence-electron chi connectivity index (χ1n) is 8.43. The van der Waals surface area contributed by atoms with Crippen molar-refractivity contribution >= 4 is 28.3 Å². The number of ether oxygens (including phenoxy) is 2. The fourth-order valence-corrected chi connectivity index (χ4v) is 3.95. The van der Waals surface area contributed by atoms with Crippen molar-refractivity contribution in [2.24, 2.45) is 0 Å². The van der Waals surface area contributed by atoms with Crippen LogP contribution in [0.1, 0.15) is 11.1 Å². The molecule has 0 radical (unpaired) electrons. The average Bonchev–Trinajstić information content (AvgIpc) is 2.69. The molecule has 7 heteroatoms. The highest BCUT2D eigenvalue weighted by atomic mass is 32.2. The second-order valence-electron chi connectivity index (χ2n) is 6.07. The number of thioether (sulfide) groups is 1. The number of pyridine rings is 1. The summed E-state index contributed by atoms with van der Waals surface area (Å²) in [5.74, 6) is 2.46. The van der Waals surface area contributed by atoms with Crippen LogP contribution in [0.25, 0.3) is 0 Å². The predicted octanol–water partition coefficient (Wildman–Crippen LogP) is 3.39. The lowest BCUT2D eigenvalue weighted by Crippen LogP contribution is -2.44. The van der Waals surface area contributed by atoms with Gasteiger partial charge in [-0.25, -0.2) is 0 Å². The standard InChI is InChI=1S/C19H23N3O2S2/c1-23-17-6-5-15(10-18(17)24-2)7-9-21-13-22(19(25)26-14-21)12-16-4-3-8-20-11-16/h3-6,8,10-11H,7,9,12-14H2,1-2H3. The van der Waals surface area contributed by atoms with E-state index >= 15 is 0 Å². The summed E-state index contributed by atoms with van der Waals surface area (Å²) in [5, 5.41) is 0. The number of nitrogens with zero attached hydrogens (tertiary/aromatic N) is 3. The van der Waals surface area contributed by atoms with E-state index in [1.807, 2.05) is 24.4 Å². The first-order valence-corrected chi connectivity index (χ1v) is 9.83. The zero-order valence-corrected chi connectivity index (χ0v) is 16.7. The van der Waals surface area contributed by atoms with Crippen molar-refractivity contribution < 1.29 is 9.47 Å².